The molecule has 3 fully saturated rings. The van der Waals surface area contributed by atoms with Gasteiger partial charge in [-0.3, -0.25) is 0 Å². The highest BCUT2D eigenvalue weighted by Gasteiger charge is 2.52. The third kappa shape index (κ3) is 6.51. The summed E-state index contributed by atoms with van der Waals surface area (Å²) < 4.78 is 27.9. The Morgan fingerprint density at radius 3 is 1.97 bits per heavy atom. The smallest absolute Gasteiger partial charge is 0.184 e. The molecule has 0 spiro atoms. The summed E-state index contributed by atoms with van der Waals surface area (Å²) in [5.41, 5.74) is 0. The normalized spacial score (nSPS) is 48.2. The maximum absolute atomic E-state index is 11.2. The lowest BCUT2D eigenvalue weighted by molar-refractivity contribution is -0.361. The lowest BCUT2D eigenvalue weighted by Gasteiger charge is -2.48. The summed E-state index contributed by atoms with van der Waals surface area (Å²) in [6, 6.07) is -1.02. The fourth-order valence-electron chi connectivity index (χ4n) is 4.58. The Bertz CT molecular complexity index is 662. The van der Waals surface area contributed by atoms with Gasteiger partial charge in [0.2, 0.25) is 0 Å². The first kappa shape index (κ1) is 29.9. The number of rotatable bonds is 10. The van der Waals surface area contributed by atoms with Crippen molar-refractivity contribution in [1.29, 1.82) is 0 Å². The second-order valence-corrected chi connectivity index (χ2v) is 9.21. The van der Waals surface area contributed by atoms with Gasteiger partial charge in [0.05, 0.1) is 32.0 Å². The second-order valence-electron chi connectivity index (χ2n) is 9.21. The molecule has 15 nitrogen and oxygen atoms in total. The van der Waals surface area contributed by atoms with Crippen LogP contribution in [0.15, 0.2) is 0 Å². The Balaban J connectivity index is 1.76. The average molecular weight is 530 g/mol. The number of ether oxygens (including phenoxy) is 5. The molecule has 3 saturated heterocycles. The van der Waals surface area contributed by atoms with Crippen LogP contribution in [0.3, 0.4) is 0 Å². The van der Waals surface area contributed by atoms with Crippen LogP contribution in [0.25, 0.3) is 0 Å². The molecule has 0 unspecified atom stereocenters. The van der Waals surface area contributed by atoms with E-state index in [1.165, 1.54) is 0 Å². The van der Waals surface area contributed by atoms with Gasteiger partial charge in [-0.15, -0.1) is 0 Å². The van der Waals surface area contributed by atoms with Gasteiger partial charge in [0.15, 0.2) is 18.9 Å². The summed E-state index contributed by atoms with van der Waals surface area (Å²) in [5, 5.41) is 93.7. The fraction of sp³-hybridized carbons (Fsp3) is 1.00. The van der Waals surface area contributed by atoms with E-state index in [4.69, 9.17) is 23.7 Å². The second kappa shape index (κ2) is 13.5. The van der Waals surface area contributed by atoms with Crippen molar-refractivity contribution in [3.8, 4) is 0 Å². The molecule has 0 aromatic heterocycles. The Labute approximate surface area is 207 Å². The van der Waals surface area contributed by atoms with Gasteiger partial charge in [-0.2, -0.15) is 0 Å². The van der Waals surface area contributed by atoms with E-state index in [0.717, 1.165) is 0 Å². The molecule has 10 N–H and O–H groups in total. The fourth-order valence-corrected chi connectivity index (χ4v) is 4.58. The van der Waals surface area contributed by atoms with Crippen LogP contribution in [0.2, 0.25) is 0 Å². The van der Waals surface area contributed by atoms with Gasteiger partial charge in [-0.1, -0.05) is 6.92 Å². The van der Waals surface area contributed by atoms with Gasteiger partial charge in [0.1, 0.15) is 54.9 Å². The zero-order valence-electron chi connectivity index (χ0n) is 19.9. The quantitative estimate of drug-likeness (QED) is 0.127. The minimum absolute atomic E-state index is 0.173. The van der Waals surface area contributed by atoms with E-state index >= 15 is 0 Å². The monoisotopic (exact) mass is 529 g/mol. The Kier molecular flexibility index (Phi) is 11.2. The van der Waals surface area contributed by atoms with Crippen molar-refractivity contribution in [2.45, 2.75) is 106 Å². The molecule has 3 aliphatic rings. The minimum atomic E-state index is -1.74. The minimum Gasteiger partial charge on any atom is -0.394 e. The van der Waals surface area contributed by atoms with Crippen LogP contribution in [0.1, 0.15) is 19.8 Å². The lowest BCUT2D eigenvalue weighted by atomic mass is 9.95. The molecule has 0 radical (unpaired) electrons. The van der Waals surface area contributed by atoms with E-state index in [0.29, 0.717) is 13.0 Å². The van der Waals surface area contributed by atoms with Gasteiger partial charge in [0.25, 0.3) is 0 Å². The number of hydrogen-bond donors (Lipinski definition) is 10. The highest BCUT2D eigenvalue weighted by molar-refractivity contribution is 4.97. The number of hydrogen-bond acceptors (Lipinski definition) is 15. The summed E-state index contributed by atoms with van der Waals surface area (Å²) in [5.74, 6) is 0. The number of aliphatic hydroxyl groups is 9. The molecule has 0 aliphatic carbocycles. The first-order valence-electron chi connectivity index (χ1n) is 12.1. The number of aliphatic hydroxyl groups excluding tert-OH is 9. The largest absolute Gasteiger partial charge is 0.394 e. The predicted octanol–water partition coefficient (Wildman–Crippen LogP) is -5.54. The lowest BCUT2D eigenvalue weighted by Crippen LogP contribution is -2.68. The van der Waals surface area contributed by atoms with E-state index in [1.807, 2.05) is 6.92 Å². The van der Waals surface area contributed by atoms with Crippen LogP contribution in [-0.2, 0) is 23.7 Å². The molecular weight excluding hydrogens is 490 g/mol. The summed E-state index contributed by atoms with van der Waals surface area (Å²) in [7, 11) is 0. The summed E-state index contributed by atoms with van der Waals surface area (Å²) >= 11 is 0. The van der Waals surface area contributed by atoms with Crippen molar-refractivity contribution in [2.75, 3.05) is 26.4 Å². The van der Waals surface area contributed by atoms with Crippen LogP contribution in [0.4, 0.5) is 0 Å². The van der Waals surface area contributed by atoms with E-state index in [1.54, 1.807) is 0 Å². The zero-order valence-corrected chi connectivity index (χ0v) is 19.9. The van der Waals surface area contributed by atoms with Gasteiger partial charge in [0, 0.05) is 6.42 Å². The highest BCUT2D eigenvalue weighted by atomic mass is 16.7. The van der Waals surface area contributed by atoms with Crippen LogP contribution in [0.5, 0.6) is 0 Å². The molecule has 3 heterocycles. The molecule has 212 valence electrons. The molecule has 15 heteroatoms. The molecule has 0 bridgehead atoms. The topological polar surface area (TPSA) is 240 Å². The average Bonchev–Trinajstić information content (AvgIpc) is 2.86. The van der Waals surface area contributed by atoms with Gasteiger partial charge >= 0.3 is 0 Å². The Hall–Kier alpha value is -0.600. The standard InChI is InChI=1S/C21H39NO14/c1-2-3-22-13-16(29)18(35-12-4-8(26)14(27)9(5-23)32-12)11(7-25)34-21(13)36-19-17(30)15(28)10(6-24)33-20(19)31/h8-31H,2-7H2,1H3/t8-,9-,10-,11-,12+,13-,14-,15-,16-,17+,18-,19+,20+,21+/m1/s1. The molecule has 0 saturated carbocycles. The van der Waals surface area contributed by atoms with Crippen LogP contribution in [0, 0.1) is 0 Å². The van der Waals surface area contributed by atoms with E-state index in [2.05, 4.69) is 5.32 Å². The summed E-state index contributed by atoms with van der Waals surface area (Å²) in [6.07, 6.45) is -17.3. The van der Waals surface area contributed by atoms with Gasteiger partial charge in [-0.25, -0.2) is 0 Å². The Morgan fingerprint density at radius 1 is 0.722 bits per heavy atom. The Morgan fingerprint density at radius 2 is 1.36 bits per heavy atom. The number of nitrogens with one attached hydrogen (secondary N) is 1. The van der Waals surface area contributed by atoms with E-state index < -0.39 is 106 Å². The van der Waals surface area contributed by atoms with Gasteiger partial charge in [-0.05, 0) is 13.0 Å². The highest BCUT2D eigenvalue weighted by Crippen LogP contribution is 2.32. The third-order valence-corrected chi connectivity index (χ3v) is 6.64. The van der Waals surface area contributed by atoms with Crippen molar-refractivity contribution in [3.63, 3.8) is 0 Å². The molecule has 3 rings (SSSR count). The van der Waals surface area contributed by atoms with Crippen molar-refractivity contribution in [3.05, 3.63) is 0 Å². The SMILES string of the molecule is CCCN[C@H]1[C@H](O[C@H]2[C@@H](O)[C@H](O)[C@@H](CO)O[C@@H]2O)O[C@H](CO)[C@@H](O[C@H]2C[C@@H](O)[C@@H](O)[C@@H](CO)O2)[C@@H]1O. The van der Waals surface area contributed by atoms with E-state index in [9.17, 15) is 46.0 Å². The molecular formula is C21H39NO14. The molecule has 3 aliphatic heterocycles. The van der Waals surface area contributed by atoms with Gasteiger partial charge < -0.3 is 75.0 Å². The van der Waals surface area contributed by atoms with Crippen molar-refractivity contribution < 1.29 is 69.6 Å². The first-order chi connectivity index (χ1) is 17.2. The summed E-state index contributed by atoms with van der Waals surface area (Å²) in [6.45, 7) is 0.373. The molecule has 14 atom stereocenters. The maximum Gasteiger partial charge on any atom is 0.184 e. The van der Waals surface area contributed by atoms with Crippen molar-refractivity contribution >= 4 is 0 Å². The molecule has 0 aromatic carbocycles. The van der Waals surface area contributed by atoms with Crippen LogP contribution < -0.4 is 5.32 Å². The van der Waals surface area contributed by atoms with Crippen LogP contribution >= 0.6 is 0 Å². The molecule has 36 heavy (non-hydrogen) atoms. The predicted molar refractivity (Wildman–Crippen MR) is 116 cm³/mol. The first-order valence-corrected chi connectivity index (χ1v) is 12.1. The third-order valence-electron chi connectivity index (χ3n) is 6.64. The zero-order chi connectivity index (χ0) is 26.6. The van der Waals surface area contributed by atoms with Crippen molar-refractivity contribution in [1.82, 2.24) is 5.32 Å². The van der Waals surface area contributed by atoms with Crippen molar-refractivity contribution in [2.24, 2.45) is 0 Å². The summed E-state index contributed by atoms with van der Waals surface area (Å²) in [4.78, 5) is 0. The molecule has 0 amide bonds. The van der Waals surface area contributed by atoms with Crippen LogP contribution in [-0.4, -0.2) is 158 Å². The molecule has 0 aromatic rings. The maximum atomic E-state index is 11.2. The van der Waals surface area contributed by atoms with E-state index in [-0.39, 0.29) is 6.42 Å².